The minimum Gasteiger partial charge on any atom is -0.309 e. The molecule has 0 aliphatic carbocycles. The Morgan fingerprint density at radius 3 is 2.05 bits per heavy atom. The van der Waals surface area contributed by atoms with Crippen molar-refractivity contribution in [1.29, 1.82) is 0 Å². The van der Waals surface area contributed by atoms with Gasteiger partial charge in [-0.2, -0.15) is 0 Å². The van der Waals surface area contributed by atoms with Gasteiger partial charge >= 0.3 is 0 Å². The lowest BCUT2D eigenvalue weighted by molar-refractivity contribution is 0.623. The van der Waals surface area contributed by atoms with Gasteiger partial charge in [0.05, 0.1) is 6.04 Å². The van der Waals surface area contributed by atoms with E-state index in [1.807, 2.05) is 6.07 Å². The van der Waals surface area contributed by atoms with E-state index in [-0.39, 0.29) is 11.9 Å². The molecule has 19 heavy (non-hydrogen) atoms. The average Bonchev–Trinajstić information content (AvgIpc) is 2.34. The molecule has 2 aromatic carbocycles. The van der Waals surface area contributed by atoms with E-state index in [4.69, 9.17) is 34.8 Å². The molecule has 0 bridgehead atoms. The van der Waals surface area contributed by atoms with Crippen molar-refractivity contribution in [3.05, 3.63) is 68.4 Å². The minimum atomic E-state index is -0.370. The highest BCUT2D eigenvalue weighted by molar-refractivity contribution is 6.35. The van der Waals surface area contributed by atoms with Crippen LogP contribution < -0.4 is 5.32 Å². The van der Waals surface area contributed by atoms with Crippen LogP contribution >= 0.6 is 34.8 Å². The molecule has 0 spiro atoms. The van der Waals surface area contributed by atoms with Gasteiger partial charge in [0, 0.05) is 15.1 Å². The topological polar surface area (TPSA) is 12.0 Å². The van der Waals surface area contributed by atoms with Crippen molar-refractivity contribution in [3.63, 3.8) is 0 Å². The van der Waals surface area contributed by atoms with Gasteiger partial charge in [0.15, 0.2) is 0 Å². The van der Waals surface area contributed by atoms with Gasteiger partial charge in [-0.3, -0.25) is 0 Å². The van der Waals surface area contributed by atoms with E-state index >= 15 is 0 Å². The molecule has 2 aromatic rings. The summed E-state index contributed by atoms with van der Waals surface area (Å²) < 4.78 is 13.1. The quantitative estimate of drug-likeness (QED) is 0.830. The van der Waals surface area contributed by atoms with Crippen molar-refractivity contribution in [2.45, 2.75) is 6.04 Å². The molecule has 1 unspecified atom stereocenters. The van der Waals surface area contributed by atoms with E-state index in [9.17, 15) is 4.39 Å². The molecule has 0 radical (unpaired) electrons. The molecule has 0 amide bonds. The summed E-state index contributed by atoms with van der Waals surface area (Å²) in [7, 11) is 1.79. The van der Waals surface area contributed by atoms with E-state index < -0.39 is 0 Å². The summed E-state index contributed by atoms with van der Waals surface area (Å²) in [5, 5.41) is 4.57. The molecule has 0 aromatic heterocycles. The molecule has 1 N–H and O–H groups in total. The fourth-order valence-electron chi connectivity index (χ4n) is 1.95. The third-order valence-electron chi connectivity index (χ3n) is 2.84. The Kier molecular flexibility index (Phi) is 4.69. The molecule has 0 saturated heterocycles. The van der Waals surface area contributed by atoms with Gasteiger partial charge < -0.3 is 5.32 Å². The van der Waals surface area contributed by atoms with Crippen LogP contribution in [0.25, 0.3) is 0 Å². The van der Waals surface area contributed by atoms with Gasteiger partial charge in [0.25, 0.3) is 0 Å². The number of benzene rings is 2. The maximum atomic E-state index is 13.1. The Morgan fingerprint density at radius 1 is 0.947 bits per heavy atom. The molecule has 5 heteroatoms. The Morgan fingerprint density at radius 2 is 1.53 bits per heavy atom. The first-order valence-corrected chi connectivity index (χ1v) is 6.73. The van der Waals surface area contributed by atoms with Gasteiger partial charge in [-0.15, -0.1) is 0 Å². The van der Waals surface area contributed by atoms with Crippen LogP contribution in [0.4, 0.5) is 4.39 Å². The number of hydrogen-bond donors (Lipinski definition) is 1. The fraction of sp³-hybridized carbons (Fsp3) is 0.143. The maximum absolute atomic E-state index is 13.1. The predicted octanol–water partition coefficient (Wildman–Crippen LogP) is 5.09. The van der Waals surface area contributed by atoms with Crippen LogP contribution in [-0.2, 0) is 0 Å². The summed E-state index contributed by atoms with van der Waals surface area (Å²) in [4.78, 5) is 0. The van der Waals surface area contributed by atoms with Crippen molar-refractivity contribution in [2.24, 2.45) is 0 Å². The van der Waals surface area contributed by atoms with Crippen LogP contribution in [0.1, 0.15) is 17.2 Å². The van der Waals surface area contributed by atoms with Crippen molar-refractivity contribution < 1.29 is 4.39 Å². The number of hydrogen-bond acceptors (Lipinski definition) is 1. The fourth-order valence-corrected chi connectivity index (χ4v) is 2.74. The van der Waals surface area contributed by atoms with Crippen molar-refractivity contribution in [1.82, 2.24) is 5.32 Å². The van der Waals surface area contributed by atoms with E-state index in [0.29, 0.717) is 15.1 Å². The van der Waals surface area contributed by atoms with Crippen molar-refractivity contribution in [2.75, 3.05) is 7.05 Å². The molecular weight excluding hydrogens is 308 g/mol. The summed E-state index contributed by atoms with van der Waals surface area (Å²) in [5.74, 6) is -0.370. The summed E-state index contributed by atoms with van der Waals surface area (Å²) in [6.07, 6.45) is 0. The highest BCUT2D eigenvalue weighted by Gasteiger charge is 2.18. The van der Waals surface area contributed by atoms with Gasteiger partial charge in [-0.25, -0.2) is 4.39 Å². The van der Waals surface area contributed by atoms with Gasteiger partial charge in [0.2, 0.25) is 0 Å². The van der Waals surface area contributed by atoms with Gasteiger partial charge in [-0.05, 0) is 42.4 Å². The first kappa shape index (κ1) is 14.6. The highest BCUT2D eigenvalue weighted by Crippen LogP contribution is 2.33. The molecule has 0 saturated carbocycles. The second-order valence-electron chi connectivity index (χ2n) is 4.05. The lowest BCUT2D eigenvalue weighted by Crippen LogP contribution is -2.18. The van der Waals surface area contributed by atoms with Crippen LogP contribution in [-0.4, -0.2) is 7.05 Å². The Labute approximate surface area is 126 Å². The zero-order valence-corrected chi connectivity index (χ0v) is 12.3. The van der Waals surface area contributed by atoms with Crippen LogP contribution in [0.2, 0.25) is 15.1 Å². The molecule has 1 atom stereocenters. The molecule has 1 nitrogen and oxygen atoms in total. The summed E-state index contributed by atoms with van der Waals surface area (Å²) >= 11 is 18.2. The third-order valence-corrected chi connectivity index (χ3v) is 3.73. The van der Waals surface area contributed by atoms with Crippen molar-refractivity contribution in [3.8, 4) is 0 Å². The minimum absolute atomic E-state index is 0.224. The van der Waals surface area contributed by atoms with Gasteiger partial charge in [0.1, 0.15) is 5.82 Å². The predicted molar refractivity (Wildman–Crippen MR) is 78.8 cm³/mol. The largest absolute Gasteiger partial charge is 0.309 e. The van der Waals surface area contributed by atoms with Gasteiger partial charge in [-0.1, -0.05) is 46.9 Å². The lowest BCUT2D eigenvalue weighted by Gasteiger charge is -2.20. The van der Waals surface area contributed by atoms with Crippen LogP contribution in [0.5, 0.6) is 0 Å². The Balaban J connectivity index is 2.50. The maximum Gasteiger partial charge on any atom is 0.124 e. The first-order chi connectivity index (χ1) is 9.02. The molecule has 0 aliphatic rings. The van der Waals surface area contributed by atoms with E-state index in [1.54, 1.807) is 25.2 Å². The molecule has 0 aliphatic heterocycles. The van der Waals surface area contributed by atoms with E-state index in [2.05, 4.69) is 5.32 Å². The molecule has 0 heterocycles. The van der Waals surface area contributed by atoms with Crippen LogP contribution in [0.3, 0.4) is 0 Å². The first-order valence-electron chi connectivity index (χ1n) is 5.60. The average molecular weight is 319 g/mol. The Bertz CT molecular complexity index is 550. The monoisotopic (exact) mass is 317 g/mol. The second-order valence-corrected chi connectivity index (χ2v) is 5.30. The SMILES string of the molecule is CNC(c1ccc(F)cc1Cl)c1ccc(Cl)cc1Cl. The summed E-state index contributed by atoms with van der Waals surface area (Å²) in [6, 6.07) is 9.32. The standard InChI is InChI=1S/C14H11Cl3FN/c1-19-14(10-4-2-8(15)6-12(10)16)11-5-3-9(18)7-13(11)17/h2-7,14,19H,1H3. The molecular formula is C14H11Cl3FN. The van der Waals surface area contributed by atoms with Crippen LogP contribution in [0, 0.1) is 5.82 Å². The third kappa shape index (κ3) is 3.21. The molecule has 2 rings (SSSR count). The van der Waals surface area contributed by atoms with E-state index in [0.717, 1.165) is 11.1 Å². The zero-order chi connectivity index (χ0) is 14.0. The molecule has 0 fully saturated rings. The Hall–Kier alpha value is -0.800. The smallest absolute Gasteiger partial charge is 0.124 e. The second kappa shape index (κ2) is 6.10. The van der Waals surface area contributed by atoms with E-state index in [1.165, 1.54) is 12.1 Å². The highest BCUT2D eigenvalue weighted by atomic mass is 35.5. The number of rotatable bonds is 3. The van der Waals surface area contributed by atoms with Crippen LogP contribution in [0.15, 0.2) is 36.4 Å². The summed E-state index contributed by atoms with van der Waals surface area (Å²) in [6.45, 7) is 0. The molecule has 100 valence electrons. The normalized spacial score (nSPS) is 12.5. The number of halogens is 4. The zero-order valence-electron chi connectivity index (χ0n) is 10.1. The lowest BCUT2D eigenvalue weighted by atomic mass is 9.98. The summed E-state index contributed by atoms with van der Waals surface area (Å²) in [5.41, 5.74) is 1.59. The number of nitrogens with one attached hydrogen (secondary N) is 1. The van der Waals surface area contributed by atoms with Crippen molar-refractivity contribution >= 4 is 34.8 Å².